The molecule has 0 heterocycles. The van der Waals surface area contributed by atoms with E-state index in [9.17, 15) is 29.9 Å². The molecule has 0 aromatic heterocycles. The maximum absolute atomic E-state index is 10.5. The Hall–Kier alpha value is -1.91. The smallest absolute Gasteiger partial charge is 0.870 e. The summed E-state index contributed by atoms with van der Waals surface area (Å²) in [5, 5.41) is 31.2. The summed E-state index contributed by atoms with van der Waals surface area (Å²) in [4.78, 5) is 30.3. The van der Waals surface area contributed by atoms with E-state index in [1.54, 1.807) is 0 Å². The van der Waals surface area contributed by atoms with Crippen LogP contribution in [0.15, 0.2) is 18.2 Å². The molecule has 0 radical (unpaired) electrons. The third-order valence-corrected chi connectivity index (χ3v) is 3.52. The number of nitro groups is 1. The Kier molecular flexibility index (Phi) is 14.8. The van der Waals surface area contributed by atoms with Gasteiger partial charge in [0.15, 0.2) is 0 Å². The van der Waals surface area contributed by atoms with Gasteiger partial charge in [0.1, 0.15) is 0 Å². The number of carboxylic acids is 2. The molecular formula is C14H19N3O8Pt. The van der Waals surface area contributed by atoms with Crippen molar-refractivity contribution < 1.29 is 56.7 Å². The largest absolute Gasteiger partial charge is 4.00 e. The van der Waals surface area contributed by atoms with E-state index in [1.165, 1.54) is 12.8 Å². The van der Waals surface area contributed by atoms with Crippen LogP contribution in [0.1, 0.15) is 46.4 Å². The average Bonchev–Trinajstić information content (AvgIpc) is 2.50. The molecule has 148 valence electrons. The summed E-state index contributed by atoms with van der Waals surface area (Å²) in [6, 6.07) is 2.85. The fraction of sp³-hybridized carbons (Fsp3) is 0.429. The second-order valence-electron chi connectivity index (χ2n) is 5.18. The van der Waals surface area contributed by atoms with Crippen LogP contribution >= 0.6 is 0 Å². The van der Waals surface area contributed by atoms with Gasteiger partial charge in [0, 0.05) is 18.2 Å². The first-order valence-corrected chi connectivity index (χ1v) is 6.96. The third kappa shape index (κ3) is 8.45. The topological polar surface area (TPSA) is 235 Å². The predicted octanol–water partition coefficient (Wildman–Crippen LogP) is -1.82. The number of hydrogen-bond donors (Lipinski definition) is 2. The number of carbonyl (C=O) groups is 2. The summed E-state index contributed by atoms with van der Waals surface area (Å²) in [5.74, 6) is -3.43. The standard InChI is InChI=1S/C8H5NO6.C6H14N2.2H2O.Pt/c10-7(11)4-1-2-6(9(14)15)5(3-4)8(12)13;7-5-3-1-2-4-6(5)8;;;/h1-3H,(H,10,11)(H,12,13);5-6H,1-4,7-8H2;2*1H2;/q;;;;+4/p-4. The molecular weight excluding hydrogens is 533 g/mol. The molecule has 0 bridgehead atoms. The minimum atomic E-state index is -1.81. The van der Waals surface area contributed by atoms with Gasteiger partial charge in [-0.2, -0.15) is 0 Å². The van der Waals surface area contributed by atoms with Crippen LogP contribution in [0.4, 0.5) is 5.69 Å². The fourth-order valence-electron chi connectivity index (χ4n) is 2.17. The van der Waals surface area contributed by atoms with E-state index in [0.717, 1.165) is 25.0 Å². The number of benzene rings is 1. The molecule has 11 nitrogen and oxygen atoms in total. The SMILES string of the molecule is NC1CCCCC1N.O=C([O-])c1ccc([N+](=O)[O-])c(C(=O)[O-])c1.[OH-].[OH-].[Pt+4]. The first-order chi connectivity index (χ1) is 10.7. The van der Waals surface area contributed by atoms with Crippen LogP contribution in [0.25, 0.3) is 0 Å². The van der Waals surface area contributed by atoms with Crippen molar-refractivity contribution in [3.05, 3.63) is 39.4 Å². The number of hydrogen-bond acceptors (Lipinski definition) is 10. The number of carbonyl (C=O) groups excluding carboxylic acids is 2. The first kappa shape index (κ1) is 28.9. The van der Waals surface area contributed by atoms with E-state index in [0.29, 0.717) is 6.07 Å². The van der Waals surface area contributed by atoms with Gasteiger partial charge in [-0.15, -0.1) is 0 Å². The van der Waals surface area contributed by atoms with E-state index in [4.69, 9.17) is 11.5 Å². The second kappa shape index (κ2) is 13.3. The minimum absolute atomic E-state index is 0. The summed E-state index contributed by atoms with van der Waals surface area (Å²) in [6.45, 7) is 0. The van der Waals surface area contributed by atoms with Crippen LogP contribution in [0.2, 0.25) is 0 Å². The fourth-order valence-corrected chi connectivity index (χ4v) is 2.17. The van der Waals surface area contributed by atoms with E-state index in [1.807, 2.05) is 0 Å². The van der Waals surface area contributed by atoms with Gasteiger partial charge in [-0.25, -0.2) is 0 Å². The molecule has 12 heteroatoms. The zero-order valence-corrected chi connectivity index (χ0v) is 15.7. The number of aromatic carboxylic acids is 2. The van der Waals surface area contributed by atoms with Gasteiger partial charge in [-0.3, -0.25) is 10.1 Å². The van der Waals surface area contributed by atoms with E-state index < -0.39 is 33.7 Å². The van der Waals surface area contributed by atoms with Crippen molar-refractivity contribution in [2.45, 2.75) is 37.8 Å². The minimum Gasteiger partial charge on any atom is -0.870 e. The Morgan fingerprint density at radius 3 is 1.77 bits per heavy atom. The zero-order valence-electron chi connectivity index (χ0n) is 13.5. The monoisotopic (exact) mass is 552 g/mol. The van der Waals surface area contributed by atoms with Crippen molar-refractivity contribution in [1.29, 1.82) is 0 Å². The number of carboxylic acid groups (broad SMARTS) is 2. The summed E-state index contributed by atoms with van der Waals surface area (Å²) in [7, 11) is 0. The third-order valence-electron chi connectivity index (χ3n) is 3.52. The van der Waals surface area contributed by atoms with Crippen LogP contribution in [0.3, 0.4) is 0 Å². The van der Waals surface area contributed by atoms with Gasteiger partial charge in [-0.05, 0) is 30.5 Å². The predicted molar refractivity (Wildman–Crippen MR) is 80.0 cm³/mol. The van der Waals surface area contributed by atoms with Gasteiger partial charge in [0.2, 0.25) is 0 Å². The zero-order chi connectivity index (χ0) is 17.6. The molecule has 0 spiro atoms. The number of rotatable bonds is 3. The van der Waals surface area contributed by atoms with Gasteiger partial charge < -0.3 is 42.2 Å². The summed E-state index contributed by atoms with van der Waals surface area (Å²) >= 11 is 0. The molecule has 2 rings (SSSR count). The van der Waals surface area contributed by atoms with Crippen molar-refractivity contribution in [2.75, 3.05) is 0 Å². The Bertz CT molecular complexity index is 604. The van der Waals surface area contributed by atoms with E-state index in [2.05, 4.69) is 0 Å². The molecule has 1 fully saturated rings. The molecule has 26 heavy (non-hydrogen) atoms. The molecule has 1 aliphatic carbocycles. The molecule has 1 aromatic rings. The van der Waals surface area contributed by atoms with Crippen molar-refractivity contribution in [2.24, 2.45) is 11.5 Å². The molecule has 2 unspecified atom stereocenters. The average molecular weight is 552 g/mol. The molecule has 0 amide bonds. The van der Waals surface area contributed by atoms with E-state index >= 15 is 0 Å². The normalized spacial score (nSPS) is 17.8. The van der Waals surface area contributed by atoms with Gasteiger partial charge in [0.05, 0.1) is 22.4 Å². The Labute approximate surface area is 163 Å². The van der Waals surface area contributed by atoms with Gasteiger partial charge >= 0.3 is 21.1 Å². The van der Waals surface area contributed by atoms with E-state index in [-0.39, 0.29) is 44.1 Å². The maximum atomic E-state index is 10.5. The van der Waals surface area contributed by atoms with Crippen LogP contribution in [0, 0.1) is 10.1 Å². The maximum Gasteiger partial charge on any atom is 4.00 e. The van der Waals surface area contributed by atoms with Crippen LogP contribution < -0.4 is 21.7 Å². The van der Waals surface area contributed by atoms with Gasteiger partial charge in [0.25, 0.3) is 5.69 Å². The summed E-state index contributed by atoms with van der Waals surface area (Å²) < 4.78 is 0. The van der Waals surface area contributed by atoms with Crippen molar-refractivity contribution in [3.8, 4) is 0 Å². The second-order valence-corrected chi connectivity index (χ2v) is 5.18. The van der Waals surface area contributed by atoms with Crippen LogP contribution in [0.5, 0.6) is 0 Å². The number of nitrogens with zero attached hydrogens (tertiary/aromatic N) is 1. The van der Waals surface area contributed by atoms with Crippen molar-refractivity contribution >= 4 is 17.6 Å². The molecule has 1 aliphatic rings. The van der Waals surface area contributed by atoms with Crippen molar-refractivity contribution in [1.82, 2.24) is 0 Å². The molecule has 0 saturated heterocycles. The Morgan fingerprint density at radius 1 is 1.00 bits per heavy atom. The quantitative estimate of drug-likeness (QED) is 0.314. The van der Waals surface area contributed by atoms with Crippen LogP contribution in [-0.4, -0.2) is 39.9 Å². The molecule has 6 N–H and O–H groups in total. The summed E-state index contributed by atoms with van der Waals surface area (Å²) in [5.41, 5.74) is 9.34. The van der Waals surface area contributed by atoms with Gasteiger partial charge in [-0.1, -0.05) is 12.8 Å². The Balaban J connectivity index is -0.000000416. The Morgan fingerprint density at radius 2 is 1.46 bits per heavy atom. The molecule has 2 atom stereocenters. The first-order valence-electron chi connectivity index (χ1n) is 6.96. The van der Waals surface area contributed by atoms with Crippen LogP contribution in [-0.2, 0) is 21.1 Å². The molecule has 0 aliphatic heterocycles. The molecule has 1 aromatic carbocycles. The number of nitrogens with two attached hydrogens (primary N) is 2. The molecule has 1 saturated carbocycles. The van der Waals surface area contributed by atoms with Crippen molar-refractivity contribution in [3.63, 3.8) is 0 Å². The summed E-state index contributed by atoms with van der Waals surface area (Å²) in [6.07, 6.45) is 4.80. The number of nitro benzene ring substituents is 1.